The number of aromatic nitrogens is 5. The summed E-state index contributed by atoms with van der Waals surface area (Å²) in [5.74, 6) is 1.27. The third-order valence-corrected chi connectivity index (χ3v) is 14.0. The zero-order valence-electron chi connectivity index (χ0n) is 36.1. The van der Waals surface area contributed by atoms with Crippen LogP contribution in [0.2, 0.25) is 0 Å². The van der Waals surface area contributed by atoms with Gasteiger partial charge in [-0.3, -0.25) is 0 Å². The molecule has 3 fully saturated rings. The van der Waals surface area contributed by atoms with E-state index in [2.05, 4.69) is 51.1 Å². The summed E-state index contributed by atoms with van der Waals surface area (Å²) in [6.45, 7) is 10.8. The number of nitrogens with zero attached hydrogens (tertiary/aromatic N) is 7. The fraction of sp³-hybridized carbons (Fsp3) is 0.500. The molecular weight excluding hydrogens is 783 g/mol. The van der Waals surface area contributed by atoms with Crippen molar-refractivity contribution in [1.82, 2.24) is 40.3 Å². The van der Waals surface area contributed by atoms with Crippen LogP contribution in [0.3, 0.4) is 0 Å². The highest BCUT2D eigenvalue weighted by molar-refractivity contribution is 5.86. The molecule has 9 rings (SSSR count). The number of carbonyl (C=O) groups is 2. The number of carbonyl (C=O) groups excluding carboxylic acids is 1. The predicted molar refractivity (Wildman–Crippen MR) is 237 cm³/mol. The molecule has 1 saturated carbocycles. The van der Waals surface area contributed by atoms with Crippen molar-refractivity contribution in [3.05, 3.63) is 95.4 Å². The Morgan fingerprint density at radius 2 is 1.69 bits per heavy atom. The van der Waals surface area contributed by atoms with Crippen LogP contribution in [0, 0.1) is 10.8 Å². The SMILES string of the molecule is CC(C)(C)[C@@H]1N(C(=O)O)CC12CC(N1CCC(c3cnc(N4CCc5[nH]c6nnc(-c7ccccc7O)cc6c5[C@@H]4CCCCCNC(=O)OCc4ccccc4)nc3)CC1)C2. The number of para-hydroxylation sites is 1. The maximum absolute atomic E-state index is 12.4. The quantitative estimate of drug-likeness (QED) is 0.0888. The molecule has 4 aliphatic rings. The van der Waals surface area contributed by atoms with Crippen molar-refractivity contribution in [1.29, 1.82) is 0 Å². The monoisotopic (exact) mass is 841 g/mol. The summed E-state index contributed by atoms with van der Waals surface area (Å²) in [4.78, 5) is 44.6. The molecule has 1 aliphatic carbocycles. The number of piperidine rings is 1. The van der Waals surface area contributed by atoms with Crippen molar-refractivity contribution in [2.45, 2.75) is 109 Å². The number of fused-ring (bicyclic) bond motifs is 3. The van der Waals surface area contributed by atoms with Gasteiger partial charge in [-0.2, -0.15) is 0 Å². The highest BCUT2D eigenvalue weighted by atomic mass is 16.5. The summed E-state index contributed by atoms with van der Waals surface area (Å²) in [5, 5.41) is 33.4. The van der Waals surface area contributed by atoms with Gasteiger partial charge in [0.25, 0.3) is 0 Å². The third kappa shape index (κ3) is 8.28. The summed E-state index contributed by atoms with van der Waals surface area (Å²) < 4.78 is 5.40. The standard InChI is InChI=1S/C48H59N9O5/c1-47(2,3)43-48(30-57(43)46(60)61)25-34(26-48)55-21-17-32(18-22-55)33-27-50-44(51-28-33)56-23-19-37-41(36-24-38(53-54-42(36)52-37)35-14-9-10-16-40(35)58)39(56)15-8-5-11-20-49-45(59)62-29-31-12-6-4-7-13-31/h4,6-7,9-10,12-14,16,24,27-28,32,34,39,43,58H,5,8,11,15,17-23,25-26,29-30H2,1-3H3,(H,49,59)(H,52,54)(H,60,61)/t34?,39-,43-,48?/m0/s1. The second-order valence-electron chi connectivity index (χ2n) is 19.1. The maximum Gasteiger partial charge on any atom is 0.407 e. The Kier molecular flexibility index (Phi) is 11.5. The van der Waals surface area contributed by atoms with Crippen LogP contribution in [0.15, 0.2) is 73.1 Å². The van der Waals surface area contributed by atoms with E-state index >= 15 is 0 Å². The number of rotatable bonds is 12. The average Bonchev–Trinajstić information content (AvgIpc) is 3.62. The number of phenols is 1. The summed E-state index contributed by atoms with van der Waals surface area (Å²) in [7, 11) is 0. The van der Waals surface area contributed by atoms with Gasteiger partial charge < -0.3 is 40.0 Å². The van der Waals surface area contributed by atoms with Crippen LogP contribution in [-0.2, 0) is 17.8 Å². The number of alkyl carbamates (subject to hydrolysis) is 1. The molecule has 5 aromatic rings. The summed E-state index contributed by atoms with van der Waals surface area (Å²) in [6, 6.07) is 19.5. The Bertz CT molecular complexity index is 2370. The first-order chi connectivity index (χ1) is 30.0. The Hall–Kier alpha value is -5.76. The number of aromatic amines is 1. The summed E-state index contributed by atoms with van der Waals surface area (Å²) >= 11 is 0. The van der Waals surface area contributed by atoms with Gasteiger partial charge in [0.2, 0.25) is 5.95 Å². The molecule has 0 bridgehead atoms. The maximum atomic E-state index is 12.4. The van der Waals surface area contributed by atoms with E-state index in [0.29, 0.717) is 42.3 Å². The second kappa shape index (κ2) is 17.2. The lowest BCUT2D eigenvalue weighted by molar-refractivity contribution is -0.180. The van der Waals surface area contributed by atoms with Crippen molar-refractivity contribution in [2.75, 3.05) is 37.6 Å². The van der Waals surface area contributed by atoms with Crippen molar-refractivity contribution in [2.24, 2.45) is 10.8 Å². The number of nitrogens with one attached hydrogen (secondary N) is 2. The number of unbranched alkanes of at least 4 members (excludes halogenated alkanes) is 2. The third-order valence-electron chi connectivity index (χ3n) is 14.0. The van der Waals surface area contributed by atoms with Gasteiger partial charge in [0.15, 0.2) is 5.65 Å². The van der Waals surface area contributed by atoms with Gasteiger partial charge in [0, 0.05) is 78.2 Å². The highest BCUT2D eigenvalue weighted by Crippen LogP contribution is 2.59. The van der Waals surface area contributed by atoms with Crippen LogP contribution in [0.4, 0.5) is 15.5 Å². The zero-order chi connectivity index (χ0) is 43.0. The molecule has 2 aromatic carbocycles. The van der Waals surface area contributed by atoms with Crippen LogP contribution in [0.5, 0.6) is 5.75 Å². The molecule has 3 aliphatic heterocycles. The van der Waals surface area contributed by atoms with Gasteiger partial charge in [0.05, 0.1) is 11.7 Å². The van der Waals surface area contributed by atoms with Gasteiger partial charge in [-0.25, -0.2) is 19.6 Å². The number of phenolic OH excluding ortho intramolecular Hbond substituents is 1. The van der Waals surface area contributed by atoms with Crippen molar-refractivity contribution in [3.63, 3.8) is 0 Å². The molecule has 14 nitrogen and oxygen atoms in total. The molecule has 62 heavy (non-hydrogen) atoms. The van der Waals surface area contributed by atoms with E-state index in [9.17, 15) is 19.8 Å². The van der Waals surface area contributed by atoms with Crippen molar-refractivity contribution >= 4 is 29.2 Å². The second-order valence-corrected chi connectivity index (χ2v) is 19.1. The number of H-pyrrole nitrogens is 1. The van der Waals surface area contributed by atoms with Gasteiger partial charge in [-0.1, -0.05) is 76.1 Å². The topological polar surface area (TPSA) is 173 Å². The van der Waals surface area contributed by atoms with Crippen molar-refractivity contribution < 1.29 is 24.5 Å². The van der Waals surface area contributed by atoms with E-state index in [-0.39, 0.29) is 35.3 Å². The molecule has 0 radical (unpaired) electrons. The molecule has 0 unspecified atom stereocenters. The number of benzene rings is 2. The summed E-state index contributed by atoms with van der Waals surface area (Å²) in [5.41, 5.74) is 6.47. The number of likely N-dealkylation sites (tertiary alicyclic amines) is 2. The molecule has 14 heteroatoms. The molecule has 2 amide bonds. The molecule has 4 N–H and O–H groups in total. The molecule has 326 valence electrons. The summed E-state index contributed by atoms with van der Waals surface area (Å²) in [6.07, 6.45) is 11.4. The van der Waals surface area contributed by atoms with Crippen LogP contribution in [-0.4, -0.2) is 102 Å². The van der Waals surface area contributed by atoms with Crippen molar-refractivity contribution in [3.8, 4) is 17.0 Å². The number of aromatic hydroxyl groups is 1. The van der Waals surface area contributed by atoms with Gasteiger partial charge >= 0.3 is 12.2 Å². The minimum absolute atomic E-state index is 0.0197. The number of hydrogen-bond donors (Lipinski definition) is 4. The number of carboxylic acid groups (broad SMARTS) is 1. The Morgan fingerprint density at radius 3 is 2.42 bits per heavy atom. The number of hydrogen-bond acceptors (Lipinski definition) is 10. The first-order valence-electron chi connectivity index (χ1n) is 22.4. The number of anilines is 1. The predicted octanol–water partition coefficient (Wildman–Crippen LogP) is 8.45. The fourth-order valence-electron chi connectivity index (χ4n) is 11.2. The van der Waals surface area contributed by atoms with E-state index in [1.54, 1.807) is 17.0 Å². The van der Waals surface area contributed by atoms with Crippen LogP contribution < -0.4 is 10.2 Å². The van der Waals surface area contributed by atoms with E-state index in [0.717, 1.165) is 99.7 Å². The van der Waals surface area contributed by atoms with E-state index in [4.69, 9.17) is 14.7 Å². The smallest absolute Gasteiger partial charge is 0.407 e. The zero-order valence-corrected chi connectivity index (χ0v) is 36.1. The lowest BCUT2D eigenvalue weighted by atomic mass is 9.50. The Labute approximate surface area is 363 Å². The number of ether oxygens (including phenoxy) is 1. The van der Waals surface area contributed by atoms with Gasteiger partial charge in [-0.05, 0) is 92.3 Å². The van der Waals surface area contributed by atoms with E-state index in [1.807, 2.05) is 60.9 Å². The van der Waals surface area contributed by atoms with E-state index in [1.165, 1.54) is 11.1 Å². The Balaban J connectivity index is 0.855. The molecule has 1 spiro atoms. The van der Waals surface area contributed by atoms with Gasteiger partial charge in [0.1, 0.15) is 12.4 Å². The normalized spacial score (nSPS) is 22.9. The Morgan fingerprint density at radius 1 is 0.952 bits per heavy atom. The highest BCUT2D eigenvalue weighted by Gasteiger charge is 2.65. The van der Waals surface area contributed by atoms with Crippen LogP contribution >= 0.6 is 0 Å². The average molecular weight is 842 g/mol. The molecule has 3 aromatic heterocycles. The minimum atomic E-state index is -0.791. The van der Waals surface area contributed by atoms with Crippen LogP contribution in [0.1, 0.15) is 106 Å². The first-order valence-corrected chi connectivity index (χ1v) is 22.4. The molecule has 6 heterocycles. The van der Waals surface area contributed by atoms with Crippen LogP contribution in [0.25, 0.3) is 22.3 Å². The first kappa shape index (κ1) is 41.6. The lowest BCUT2D eigenvalue weighted by Gasteiger charge is -2.68. The molecule has 2 atom stereocenters. The van der Waals surface area contributed by atoms with E-state index < -0.39 is 12.2 Å². The molecule has 2 saturated heterocycles. The molecular formula is C48H59N9O5. The van der Waals surface area contributed by atoms with Gasteiger partial charge in [-0.15, -0.1) is 10.2 Å². The number of amides is 2. The lowest BCUT2D eigenvalue weighted by Crippen LogP contribution is -2.76. The fourth-order valence-corrected chi connectivity index (χ4v) is 11.2. The largest absolute Gasteiger partial charge is 0.507 e. The minimum Gasteiger partial charge on any atom is -0.507 e.